The Hall–Kier alpha value is -1.55. The van der Waals surface area contributed by atoms with Crippen LogP contribution in [0.5, 0.6) is 0 Å². The minimum Gasteiger partial charge on any atom is -0.435 e. The summed E-state index contributed by atoms with van der Waals surface area (Å²) in [6.45, 7) is 4.81. The standard InChI is InChI=1S/C17H24O4/c1-3-19-16(18)21-17(13-20-17)11-7-8-14(2)12-15-9-5-4-6-10-15/h4-6,9-10,14H,3,7-8,11-13H2,1-2H3. The summed E-state index contributed by atoms with van der Waals surface area (Å²) in [5.41, 5.74) is 1.37. The third-order valence-corrected chi connectivity index (χ3v) is 3.68. The molecular weight excluding hydrogens is 268 g/mol. The van der Waals surface area contributed by atoms with Crippen molar-refractivity contribution in [1.82, 2.24) is 0 Å². The molecule has 4 heteroatoms. The average molecular weight is 292 g/mol. The van der Waals surface area contributed by atoms with E-state index in [-0.39, 0.29) is 0 Å². The van der Waals surface area contributed by atoms with Crippen molar-refractivity contribution in [2.45, 2.75) is 45.3 Å². The minimum atomic E-state index is -0.710. The van der Waals surface area contributed by atoms with Gasteiger partial charge in [0.05, 0.1) is 6.61 Å². The molecule has 0 N–H and O–H groups in total. The SMILES string of the molecule is CCOC(=O)OC1(CCCC(C)Cc2ccccc2)CO1. The van der Waals surface area contributed by atoms with Crippen molar-refractivity contribution in [3.63, 3.8) is 0 Å². The molecule has 1 aliphatic heterocycles. The Labute approximate surface area is 126 Å². The summed E-state index contributed by atoms with van der Waals surface area (Å²) in [5.74, 6) is -0.107. The topological polar surface area (TPSA) is 48.1 Å². The smallest absolute Gasteiger partial charge is 0.435 e. The molecule has 0 amide bonds. The lowest BCUT2D eigenvalue weighted by Crippen LogP contribution is -2.22. The van der Waals surface area contributed by atoms with Gasteiger partial charge in [0.2, 0.25) is 5.79 Å². The fraction of sp³-hybridized carbons (Fsp3) is 0.588. The molecule has 0 bridgehead atoms. The number of rotatable bonds is 8. The van der Waals surface area contributed by atoms with Gasteiger partial charge in [-0.1, -0.05) is 43.7 Å². The molecule has 4 nitrogen and oxygen atoms in total. The van der Waals surface area contributed by atoms with Crippen molar-refractivity contribution in [2.24, 2.45) is 5.92 Å². The highest BCUT2D eigenvalue weighted by atomic mass is 16.8. The summed E-state index contributed by atoms with van der Waals surface area (Å²) in [4.78, 5) is 11.3. The molecule has 0 saturated carbocycles. The maximum absolute atomic E-state index is 11.3. The summed E-state index contributed by atoms with van der Waals surface area (Å²) < 4.78 is 15.3. The van der Waals surface area contributed by atoms with E-state index >= 15 is 0 Å². The molecule has 1 heterocycles. The maximum Gasteiger partial charge on any atom is 0.510 e. The lowest BCUT2D eigenvalue weighted by Gasteiger charge is -2.15. The lowest BCUT2D eigenvalue weighted by molar-refractivity contribution is -0.0384. The molecule has 1 saturated heterocycles. The number of ether oxygens (including phenoxy) is 3. The molecule has 2 rings (SSSR count). The zero-order chi connectivity index (χ0) is 15.1. The number of carbonyl (C=O) groups excluding carboxylic acids is 1. The van der Waals surface area contributed by atoms with Gasteiger partial charge in [0.1, 0.15) is 6.61 Å². The van der Waals surface area contributed by atoms with Crippen molar-refractivity contribution in [2.75, 3.05) is 13.2 Å². The number of epoxide rings is 1. The van der Waals surface area contributed by atoms with Crippen LogP contribution in [0.2, 0.25) is 0 Å². The second-order valence-electron chi connectivity index (χ2n) is 5.67. The largest absolute Gasteiger partial charge is 0.510 e. The van der Waals surface area contributed by atoms with Crippen molar-refractivity contribution in [3.8, 4) is 0 Å². The predicted octanol–water partition coefficient (Wildman–Crippen LogP) is 3.94. The van der Waals surface area contributed by atoms with Crippen molar-refractivity contribution < 1.29 is 19.0 Å². The van der Waals surface area contributed by atoms with Crippen molar-refractivity contribution in [1.29, 1.82) is 0 Å². The van der Waals surface area contributed by atoms with Gasteiger partial charge in [-0.3, -0.25) is 0 Å². The van der Waals surface area contributed by atoms with E-state index in [9.17, 15) is 4.79 Å². The monoisotopic (exact) mass is 292 g/mol. The molecule has 1 aromatic rings. The first kappa shape index (κ1) is 15.8. The van der Waals surface area contributed by atoms with Crippen molar-refractivity contribution >= 4 is 6.16 Å². The first-order chi connectivity index (χ1) is 10.1. The second kappa shape index (κ2) is 7.46. The van der Waals surface area contributed by atoms with Gasteiger partial charge in [0, 0.05) is 6.42 Å². The highest BCUT2D eigenvalue weighted by Crippen LogP contribution is 2.35. The van der Waals surface area contributed by atoms with Crippen LogP contribution in [0.1, 0.15) is 38.7 Å². The van der Waals surface area contributed by atoms with Crippen LogP contribution in [-0.2, 0) is 20.6 Å². The Kier molecular flexibility index (Phi) is 5.62. The van der Waals surface area contributed by atoms with E-state index in [2.05, 4.69) is 31.2 Å². The van der Waals surface area contributed by atoms with Crippen LogP contribution >= 0.6 is 0 Å². The van der Waals surface area contributed by atoms with E-state index in [1.807, 2.05) is 6.07 Å². The molecule has 0 radical (unpaired) electrons. The third-order valence-electron chi connectivity index (χ3n) is 3.68. The molecule has 21 heavy (non-hydrogen) atoms. The minimum absolute atomic E-state index is 0.322. The molecular formula is C17H24O4. The lowest BCUT2D eigenvalue weighted by atomic mass is 9.95. The Morgan fingerprint density at radius 3 is 2.71 bits per heavy atom. The van der Waals surface area contributed by atoms with Gasteiger partial charge in [0.25, 0.3) is 0 Å². The fourth-order valence-electron chi connectivity index (χ4n) is 2.47. The molecule has 0 aromatic heterocycles. The van der Waals surface area contributed by atoms with Crippen LogP contribution in [0, 0.1) is 5.92 Å². The van der Waals surface area contributed by atoms with Crippen LogP contribution in [0.4, 0.5) is 4.79 Å². The van der Waals surface area contributed by atoms with E-state index in [1.54, 1.807) is 6.92 Å². The van der Waals surface area contributed by atoms with E-state index in [1.165, 1.54) is 5.56 Å². The van der Waals surface area contributed by atoms with E-state index < -0.39 is 11.9 Å². The van der Waals surface area contributed by atoms with Crippen LogP contribution < -0.4 is 0 Å². The van der Waals surface area contributed by atoms with E-state index in [4.69, 9.17) is 14.2 Å². The van der Waals surface area contributed by atoms with Gasteiger partial charge < -0.3 is 14.2 Å². The third kappa shape index (κ3) is 5.38. The van der Waals surface area contributed by atoms with Crippen LogP contribution in [-0.4, -0.2) is 25.2 Å². The van der Waals surface area contributed by atoms with E-state index in [0.717, 1.165) is 25.7 Å². The summed E-state index contributed by atoms with van der Waals surface area (Å²) in [7, 11) is 0. The number of benzene rings is 1. The van der Waals surface area contributed by atoms with Crippen LogP contribution in [0.15, 0.2) is 30.3 Å². The maximum atomic E-state index is 11.3. The molecule has 1 fully saturated rings. The predicted molar refractivity (Wildman–Crippen MR) is 80.0 cm³/mol. The highest BCUT2D eigenvalue weighted by molar-refractivity contribution is 5.60. The summed E-state index contributed by atoms with van der Waals surface area (Å²) >= 11 is 0. The van der Waals surface area contributed by atoms with Crippen molar-refractivity contribution in [3.05, 3.63) is 35.9 Å². The molecule has 0 aliphatic carbocycles. The average Bonchev–Trinajstić information content (AvgIpc) is 3.19. The normalized spacial score (nSPS) is 21.6. The van der Waals surface area contributed by atoms with Crippen LogP contribution in [0.3, 0.4) is 0 Å². The van der Waals surface area contributed by atoms with Crippen LogP contribution in [0.25, 0.3) is 0 Å². The second-order valence-corrected chi connectivity index (χ2v) is 5.67. The molecule has 116 valence electrons. The Balaban J connectivity index is 1.66. The summed E-state index contributed by atoms with van der Waals surface area (Å²) in [6.07, 6.45) is 3.25. The van der Waals surface area contributed by atoms with Gasteiger partial charge >= 0.3 is 6.16 Å². The van der Waals surface area contributed by atoms with Gasteiger partial charge in [-0.2, -0.15) is 0 Å². The number of hydrogen-bond acceptors (Lipinski definition) is 4. The summed E-state index contributed by atoms with van der Waals surface area (Å²) in [6, 6.07) is 10.5. The van der Waals surface area contributed by atoms with Gasteiger partial charge in [0.15, 0.2) is 0 Å². The van der Waals surface area contributed by atoms with Gasteiger partial charge in [-0.25, -0.2) is 4.79 Å². The highest BCUT2D eigenvalue weighted by Gasteiger charge is 2.49. The zero-order valence-corrected chi connectivity index (χ0v) is 12.8. The first-order valence-corrected chi connectivity index (χ1v) is 7.67. The van der Waals surface area contributed by atoms with E-state index in [0.29, 0.717) is 19.1 Å². The quantitative estimate of drug-likeness (QED) is 0.538. The Morgan fingerprint density at radius 1 is 1.38 bits per heavy atom. The Bertz CT molecular complexity index is 439. The zero-order valence-electron chi connectivity index (χ0n) is 12.8. The number of carbonyl (C=O) groups is 1. The molecule has 2 unspecified atom stereocenters. The fourth-order valence-corrected chi connectivity index (χ4v) is 2.47. The van der Waals surface area contributed by atoms with Gasteiger partial charge in [-0.15, -0.1) is 0 Å². The van der Waals surface area contributed by atoms with Gasteiger partial charge in [-0.05, 0) is 31.2 Å². The number of hydrogen-bond donors (Lipinski definition) is 0. The molecule has 0 spiro atoms. The molecule has 1 aromatic carbocycles. The Morgan fingerprint density at radius 2 is 2.10 bits per heavy atom. The summed E-state index contributed by atoms with van der Waals surface area (Å²) in [5, 5.41) is 0. The molecule has 1 aliphatic rings. The first-order valence-electron chi connectivity index (χ1n) is 7.67. The molecule has 2 atom stereocenters.